The van der Waals surface area contributed by atoms with Crippen LogP contribution in [0.4, 0.5) is 15.8 Å². The van der Waals surface area contributed by atoms with Crippen LogP contribution in [-0.2, 0) is 4.79 Å². The Balaban J connectivity index is 1.48. The van der Waals surface area contributed by atoms with Gasteiger partial charge in [0.25, 0.3) is 5.91 Å². The molecule has 1 aliphatic rings. The first kappa shape index (κ1) is 19.8. The van der Waals surface area contributed by atoms with Crippen molar-refractivity contribution in [1.29, 1.82) is 0 Å². The Kier molecular flexibility index (Phi) is 6.26. The molecule has 0 unspecified atom stereocenters. The number of amides is 2. The third-order valence-electron chi connectivity index (χ3n) is 4.77. The molecule has 2 amide bonds. The molecule has 28 heavy (non-hydrogen) atoms. The van der Waals surface area contributed by atoms with Crippen molar-refractivity contribution in [2.24, 2.45) is 0 Å². The van der Waals surface area contributed by atoms with Crippen molar-refractivity contribution in [2.45, 2.75) is 0 Å². The standard InChI is InChI=1S/C21H25FN4O2/c1-24(2)19-8-6-16(7-9-19)21(28)26-12-10-25(11-13-26)15-20(27)23-18-5-3-4-17(22)14-18/h3-9,14H,10-13,15H2,1-2H3,(H,23,27). The van der Waals surface area contributed by atoms with Gasteiger partial charge in [0, 0.05) is 57.2 Å². The van der Waals surface area contributed by atoms with Crippen molar-refractivity contribution in [3.63, 3.8) is 0 Å². The van der Waals surface area contributed by atoms with Crippen LogP contribution in [-0.4, -0.2) is 68.4 Å². The van der Waals surface area contributed by atoms with Gasteiger partial charge in [-0.25, -0.2) is 4.39 Å². The second-order valence-corrected chi connectivity index (χ2v) is 7.07. The number of nitrogens with one attached hydrogen (secondary N) is 1. The fourth-order valence-corrected chi connectivity index (χ4v) is 3.16. The van der Waals surface area contributed by atoms with Crippen molar-refractivity contribution in [2.75, 3.05) is 57.0 Å². The Morgan fingerprint density at radius 2 is 1.71 bits per heavy atom. The van der Waals surface area contributed by atoms with Crippen molar-refractivity contribution in [3.8, 4) is 0 Å². The Hall–Kier alpha value is -2.93. The lowest BCUT2D eigenvalue weighted by molar-refractivity contribution is -0.117. The van der Waals surface area contributed by atoms with E-state index in [0.29, 0.717) is 37.4 Å². The van der Waals surface area contributed by atoms with Gasteiger partial charge in [-0.15, -0.1) is 0 Å². The summed E-state index contributed by atoms with van der Waals surface area (Å²) in [6, 6.07) is 13.4. The molecule has 0 atom stereocenters. The molecule has 0 aliphatic carbocycles. The van der Waals surface area contributed by atoms with Crippen LogP contribution in [0.1, 0.15) is 10.4 Å². The van der Waals surface area contributed by atoms with Crippen LogP contribution in [0.25, 0.3) is 0 Å². The highest BCUT2D eigenvalue weighted by Gasteiger charge is 2.23. The van der Waals surface area contributed by atoms with Crippen LogP contribution < -0.4 is 10.2 Å². The fourth-order valence-electron chi connectivity index (χ4n) is 3.16. The van der Waals surface area contributed by atoms with Crippen molar-refractivity contribution in [3.05, 3.63) is 59.9 Å². The molecule has 0 radical (unpaired) electrons. The van der Waals surface area contributed by atoms with E-state index in [1.165, 1.54) is 12.1 Å². The lowest BCUT2D eigenvalue weighted by Crippen LogP contribution is -2.50. The quantitative estimate of drug-likeness (QED) is 0.860. The minimum Gasteiger partial charge on any atom is -0.378 e. The summed E-state index contributed by atoms with van der Waals surface area (Å²) in [7, 11) is 3.92. The molecule has 0 spiro atoms. The van der Waals surface area contributed by atoms with Crippen molar-refractivity contribution < 1.29 is 14.0 Å². The molecule has 148 valence electrons. The van der Waals surface area contributed by atoms with E-state index in [9.17, 15) is 14.0 Å². The highest BCUT2D eigenvalue weighted by atomic mass is 19.1. The molecule has 0 aromatic heterocycles. The van der Waals surface area contributed by atoms with Gasteiger partial charge >= 0.3 is 0 Å². The van der Waals surface area contributed by atoms with E-state index in [-0.39, 0.29) is 24.2 Å². The molecule has 2 aromatic rings. The van der Waals surface area contributed by atoms with Gasteiger partial charge in [-0.05, 0) is 42.5 Å². The number of benzene rings is 2. The summed E-state index contributed by atoms with van der Waals surface area (Å²) in [5.74, 6) is -0.567. The zero-order chi connectivity index (χ0) is 20.1. The first-order chi connectivity index (χ1) is 13.4. The zero-order valence-corrected chi connectivity index (χ0v) is 16.2. The summed E-state index contributed by atoms with van der Waals surface area (Å²) < 4.78 is 13.2. The average Bonchev–Trinajstić information content (AvgIpc) is 2.68. The van der Waals surface area contributed by atoms with E-state index >= 15 is 0 Å². The molecule has 1 heterocycles. The number of carbonyl (C=O) groups excluding carboxylic acids is 2. The van der Waals surface area contributed by atoms with Crippen LogP contribution in [0.3, 0.4) is 0 Å². The predicted octanol–water partition coefficient (Wildman–Crippen LogP) is 2.29. The van der Waals surface area contributed by atoms with E-state index < -0.39 is 0 Å². The van der Waals surface area contributed by atoms with Crippen LogP contribution in [0.15, 0.2) is 48.5 Å². The molecule has 0 bridgehead atoms. The smallest absolute Gasteiger partial charge is 0.253 e. The van der Waals surface area contributed by atoms with Crippen LogP contribution in [0.5, 0.6) is 0 Å². The van der Waals surface area contributed by atoms with Gasteiger partial charge in [-0.2, -0.15) is 0 Å². The minimum absolute atomic E-state index is 0.00849. The molecular formula is C21H25FN4O2. The van der Waals surface area contributed by atoms with Gasteiger partial charge in [0.15, 0.2) is 0 Å². The number of carbonyl (C=O) groups is 2. The minimum atomic E-state index is -0.386. The Morgan fingerprint density at radius 1 is 1.04 bits per heavy atom. The highest BCUT2D eigenvalue weighted by molar-refractivity contribution is 5.95. The molecule has 2 aromatic carbocycles. The topological polar surface area (TPSA) is 55.9 Å². The van der Waals surface area contributed by atoms with E-state index in [1.54, 1.807) is 12.1 Å². The second-order valence-electron chi connectivity index (χ2n) is 7.07. The summed E-state index contributed by atoms with van der Waals surface area (Å²) >= 11 is 0. The SMILES string of the molecule is CN(C)c1ccc(C(=O)N2CCN(CC(=O)Nc3cccc(F)c3)CC2)cc1. The largest absolute Gasteiger partial charge is 0.378 e. The summed E-state index contributed by atoms with van der Waals surface area (Å²) in [6.07, 6.45) is 0. The first-order valence-electron chi connectivity index (χ1n) is 9.27. The maximum Gasteiger partial charge on any atom is 0.253 e. The van der Waals surface area contributed by atoms with E-state index in [0.717, 1.165) is 5.69 Å². The Labute approximate surface area is 164 Å². The number of rotatable bonds is 5. The summed E-state index contributed by atoms with van der Waals surface area (Å²) in [5, 5.41) is 2.70. The molecule has 0 saturated carbocycles. The maximum absolute atomic E-state index is 13.2. The Bertz CT molecular complexity index is 831. The number of anilines is 2. The highest BCUT2D eigenvalue weighted by Crippen LogP contribution is 2.15. The van der Waals surface area contributed by atoms with E-state index in [1.807, 2.05) is 53.1 Å². The third-order valence-corrected chi connectivity index (χ3v) is 4.77. The van der Waals surface area contributed by atoms with E-state index in [2.05, 4.69) is 5.32 Å². The van der Waals surface area contributed by atoms with Gasteiger partial charge in [-0.3, -0.25) is 14.5 Å². The molecule has 6 nitrogen and oxygen atoms in total. The van der Waals surface area contributed by atoms with Gasteiger partial charge in [0.2, 0.25) is 5.91 Å². The average molecular weight is 384 g/mol. The number of hydrogen-bond acceptors (Lipinski definition) is 4. The number of piperazine rings is 1. The van der Waals surface area contributed by atoms with Crippen LogP contribution in [0.2, 0.25) is 0 Å². The lowest BCUT2D eigenvalue weighted by Gasteiger charge is -2.34. The van der Waals surface area contributed by atoms with Crippen LogP contribution >= 0.6 is 0 Å². The molecular weight excluding hydrogens is 359 g/mol. The number of nitrogens with zero attached hydrogens (tertiary/aromatic N) is 3. The monoisotopic (exact) mass is 384 g/mol. The zero-order valence-electron chi connectivity index (χ0n) is 16.2. The summed E-state index contributed by atoms with van der Waals surface area (Å²) in [4.78, 5) is 30.6. The lowest BCUT2D eigenvalue weighted by atomic mass is 10.1. The predicted molar refractivity (Wildman–Crippen MR) is 108 cm³/mol. The molecule has 1 N–H and O–H groups in total. The molecule has 3 rings (SSSR count). The van der Waals surface area contributed by atoms with Gasteiger partial charge < -0.3 is 15.1 Å². The molecule has 1 fully saturated rings. The number of halogens is 1. The third kappa shape index (κ3) is 5.07. The van der Waals surface area contributed by atoms with Crippen molar-refractivity contribution in [1.82, 2.24) is 9.80 Å². The molecule has 1 aliphatic heterocycles. The maximum atomic E-state index is 13.2. The van der Waals surface area contributed by atoms with E-state index in [4.69, 9.17) is 0 Å². The van der Waals surface area contributed by atoms with Crippen LogP contribution in [0, 0.1) is 5.82 Å². The fraction of sp³-hybridized carbons (Fsp3) is 0.333. The summed E-state index contributed by atoms with van der Waals surface area (Å²) in [6.45, 7) is 2.61. The molecule has 7 heteroatoms. The van der Waals surface area contributed by atoms with Crippen molar-refractivity contribution >= 4 is 23.2 Å². The summed E-state index contributed by atoms with van der Waals surface area (Å²) in [5.41, 5.74) is 2.16. The number of hydrogen-bond donors (Lipinski definition) is 1. The Morgan fingerprint density at radius 3 is 2.32 bits per heavy atom. The normalized spacial score (nSPS) is 14.6. The first-order valence-corrected chi connectivity index (χ1v) is 9.27. The second kappa shape index (κ2) is 8.84. The van der Waals surface area contributed by atoms with Gasteiger partial charge in [-0.1, -0.05) is 6.07 Å². The molecule has 1 saturated heterocycles. The van der Waals surface area contributed by atoms with Gasteiger partial charge in [0.05, 0.1) is 6.54 Å². The van der Waals surface area contributed by atoms with Gasteiger partial charge in [0.1, 0.15) is 5.82 Å².